The van der Waals surface area contributed by atoms with E-state index in [2.05, 4.69) is 5.32 Å². The number of carboxylic acids is 1. The predicted octanol–water partition coefficient (Wildman–Crippen LogP) is 0.0120. The van der Waals surface area contributed by atoms with Crippen molar-refractivity contribution in [2.75, 3.05) is 34.2 Å². The van der Waals surface area contributed by atoms with Gasteiger partial charge in [-0.05, 0) is 14.1 Å². The van der Waals surface area contributed by atoms with Crippen LogP contribution in [-0.4, -0.2) is 73.0 Å². The summed E-state index contributed by atoms with van der Waals surface area (Å²) in [5.74, 6) is -1.91. The number of carbonyl (C=O) groups is 3. The average molecular weight is 289 g/mol. The highest BCUT2D eigenvalue weighted by Crippen LogP contribution is 2.03. The molecule has 0 aromatic heterocycles. The third-order valence-corrected chi connectivity index (χ3v) is 2.49. The Balaban J connectivity index is 0. The summed E-state index contributed by atoms with van der Waals surface area (Å²) in [5.41, 5.74) is 0. The molecular formula is C13H27N3O4. The lowest BCUT2D eigenvalue weighted by molar-refractivity contribution is -0.144. The number of likely N-dealkylation sites (N-methyl/N-ethyl adjacent to an activating group) is 2. The van der Waals surface area contributed by atoms with E-state index in [4.69, 9.17) is 5.11 Å². The van der Waals surface area contributed by atoms with Crippen molar-refractivity contribution in [1.29, 1.82) is 0 Å². The molecule has 2 N–H and O–H groups in total. The zero-order valence-corrected chi connectivity index (χ0v) is 13.3. The van der Waals surface area contributed by atoms with Crippen LogP contribution in [0.3, 0.4) is 0 Å². The van der Waals surface area contributed by atoms with E-state index in [1.54, 1.807) is 0 Å². The van der Waals surface area contributed by atoms with Crippen LogP contribution in [0.15, 0.2) is 0 Å². The number of hydrogen-bond donors (Lipinski definition) is 2. The molecule has 0 saturated heterocycles. The van der Waals surface area contributed by atoms with Gasteiger partial charge in [0.1, 0.15) is 6.04 Å². The largest absolute Gasteiger partial charge is 0.481 e. The minimum Gasteiger partial charge on any atom is -0.481 e. The van der Waals surface area contributed by atoms with E-state index in [1.807, 2.05) is 32.8 Å². The molecule has 0 saturated carbocycles. The molecule has 0 heterocycles. The summed E-state index contributed by atoms with van der Waals surface area (Å²) >= 11 is 0. The van der Waals surface area contributed by atoms with Gasteiger partial charge in [0.15, 0.2) is 0 Å². The van der Waals surface area contributed by atoms with E-state index in [1.165, 1.54) is 14.0 Å². The van der Waals surface area contributed by atoms with Crippen LogP contribution in [0.5, 0.6) is 0 Å². The van der Waals surface area contributed by atoms with E-state index in [9.17, 15) is 14.4 Å². The minimum absolute atomic E-state index is 0.344. The van der Waals surface area contributed by atoms with Gasteiger partial charge in [-0.25, -0.2) is 0 Å². The summed E-state index contributed by atoms with van der Waals surface area (Å²) in [6.45, 7) is 6.35. The number of nitrogens with zero attached hydrogens (tertiary/aromatic N) is 2. The van der Waals surface area contributed by atoms with Gasteiger partial charge in [-0.2, -0.15) is 0 Å². The number of carbonyl (C=O) groups excluding carboxylic acids is 2. The molecule has 0 bridgehead atoms. The SMILES string of the molecule is CC.CC(=O)N(C)C(CC(=O)O)C(=O)NCCN(C)C. The summed E-state index contributed by atoms with van der Waals surface area (Å²) in [5, 5.41) is 11.4. The Kier molecular flexibility index (Phi) is 11.6. The molecular weight excluding hydrogens is 262 g/mol. The predicted molar refractivity (Wildman–Crippen MR) is 77.4 cm³/mol. The zero-order chi connectivity index (χ0) is 16.3. The monoisotopic (exact) mass is 289 g/mol. The number of hydrogen-bond acceptors (Lipinski definition) is 4. The molecule has 0 spiro atoms. The second kappa shape index (κ2) is 11.2. The van der Waals surface area contributed by atoms with Crippen molar-refractivity contribution in [2.24, 2.45) is 0 Å². The first-order valence-electron chi connectivity index (χ1n) is 6.63. The number of amides is 2. The van der Waals surface area contributed by atoms with Gasteiger partial charge < -0.3 is 20.2 Å². The summed E-state index contributed by atoms with van der Waals surface area (Å²) in [7, 11) is 5.15. The molecule has 20 heavy (non-hydrogen) atoms. The van der Waals surface area contributed by atoms with Crippen molar-refractivity contribution in [3.63, 3.8) is 0 Å². The Labute approximate surface area is 120 Å². The van der Waals surface area contributed by atoms with E-state index in [0.29, 0.717) is 13.1 Å². The molecule has 7 nitrogen and oxygen atoms in total. The van der Waals surface area contributed by atoms with Crippen molar-refractivity contribution in [1.82, 2.24) is 15.1 Å². The lowest BCUT2D eigenvalue weighted by atomic mass is 10.1. The Morgan fingerprint density at radius 3 is 2.00 bits per heavy atom. The highest BCUT2D eigenvalue weighted by molar-refractivity contribution is 5.89. The summed E-state index contributed by atoms with van der Waals surface area (Å²) in [4.78, 5) is 36.7. The van der Waals surface area contributed by atoms with E-state index in [0.717, 1.165) is 4.90 Å². The molecule has 1 unspecified atom stereocenters. The van der Waals surface area contributed by atoms with Crippen LogP contribution in [0.25, 0.3) is 0 Å². The van der Waals surface area contributed by atoms with Crippen LogP contribution in [0.1, 0.15) is 27.2 Å². The fourth-order valence-corrected chi connectivity index (χ4v) is 1.31. The van der Waals surface area contributed by atoms with Gasteiger partial charge in [0.25, 0.3) is 0 Å². The first-order chi connectivity index (χ1) is 9.25. The normalized spacial score (nSPS) is 11.2. The molecule has 7 heteroatoms. The first-order valence-corrected chi connectivity index (χ1v) is 6.63. The van der Waals surface area contributed by atoms with Crippen LogP contribution < -0.4 is 5.32 Å². The maximum Gasteiger partial charge on any atom is 0.305 e. The Morgan fingerprint density at radius 1 is 1.15 bits per heavy atom. The van der Waals surface area contributed by atoms with Crippen LogP contribution >= 0.6 is 0 Å². The van der Waals surface area contributed by atoms with Gasteiger partial charge in [0.2, 0.25) is 11.8 Å². The third-order valence-electron chi connectivity index (χ3n) is 2.49. The number of nitrogens with one attached hydrogen (secondary N) is 1. The molecule has 0 fully saturated rings. The fourth-order valence-electron chi connectivity index (χ4n) is 1.31. The van der Waals surface area contributed by atoms with Crippen LogP contribution in [0, 0.1) is 0 Å². The lowest BCUT2D eigenvalue weighted by Crippen LogP contribution is -2.49. The minimum atomic E-state index is -1.11. The van der Waals surface area contributed by atoms with Gasteiger partial charge in [-0.1, -0.05) is 13.8 Å². The summed E-state index contributed by atoms with van der Waals surface area (Å²) in [6.07, 6.45) is -0.399. The second-order valence-electron chi connectivity index (χ2n) is 4.34. The Hall–Kier alpha value is -1.63. The van der Waals surface area contributed by atoms with Crippen LogP contribution in [0.2, 0.25) is 0 Å². The molecule has 118 valence electrons. The third kappa shape index (κ3) is 9.32. The Bertz CT molecular complexity index is 319. The quantitative estimate of drug-likeness (QED) is 0.689. The molecule has 1 atom stereocenters. The van der Waals surface area contributed by atoms with Crippen LogP contribution in [0.4, 0.5) is 0 Å². The van der Waals surface area contributed by atoms with E-state index < -0.39 is 24.3 Å². The molecule has 0 aliphatic rings. The highest BCUT2D eigenvalue weighted by atomic mass is 16.4. The molecule has 0 radical (unpaired) electrons. The van der Waals surface area contributed by atoms with Crippen LogP contribution in [-0.2, 0) is 14.4 Å². The Morgan fingerprint density at radius 2 is 1.65 bits per heavy atom. The summed E-state index contributed by atoms with van der Waals surface area (Å²) < 4.78 is 0. The maximum absolute atomic E-state index is 11.8. The summed E-state index contributed by atoms with van der Waals surface area (Å²) in [6, 6.07) is -0.970. The second-order valence-corrected chi connectivity index (χ2v) is 4.34. The van der Waals surface area contributed by atoms with Gasteiger partial charge in [0.05, 0.1) is 6.42 Å². The van der Waals surface area contributed by atoms with Gasteiger partial charge in [0, 0.05) is 27.1 Å². The fraction of sp³-hybridized carbons (Fsp3) is 0.769. The van der Waals surface area contributed by atoms with E-state index in [-0.39, 0.29) is 5.91 Å². The van der Waals surface area contributed by atoms with Crippen molar-refractivity contribution in [2.45, 2.75) is 33.2 Å². The standard InChI is InChI=1S/C11H21N3O4.C2H6/c1-8(15)14(4)9(7-10(16)17)11(18)12-5-6-13(2)3;1-2/h9H,5-7H2,1-4H3,(H,12,18)(H,16,17);1-2H3. The molecule has 0 aromatic carbocycles. The smallest absolute Gasteiger partial charge is 0.305 e. The van der Waals surface area contributed by atoms with Crippen molar-refractivity contribution < 1.29 is 19.5 Å². The van der Waals surface area contributed by atoms with Crippen molar-refractivity contribution in [3.8, 4) is 0 Å². The zero-order valence-electron chi connectivity index (χ0n) is 13.3. The van der Waals surface area contributed by atoms with Gasteiger partial charge in [-0.15, -0.1) is 0 Å². The average Bonchev–Trinajstić information content (AvgIpc) is 2.36. The molecule has 2 amide bonds. The van der Waals surface area contributed by atoms with E-state index >= 15 is 0 Å². The van der Waals surface area contributed by atoms with Gasteiger partial charge >= 0.3 is 5.97 Å². The molecule has 0 rings (SSSR count). The molecule has 0 aromatic rings. The molecule has 0 aliphatic heterocycles. The number of rotatable bonds is 7. The highest BCUT2D eigenvalue weighted by Gasteiger charge is 2.27. The van der Waals surface area contributed by atoms with Crippen molar-refractivity contribution in [3.05, 3.63) is 0 Å². The molecule has 0 aliphatic carbocycles. The number of aliphatic carboxylic acids is 1. The van der Waals surface area contributed by atoms with Crippen molar-refractivity contribution >= 4 is 17.8 Å². The van der Waals surface area contributed by atoms with Gasteiger partial charge in [-0.3, -0.25) is 14.4 Å². The maximum atomic E-state index is 11.8. The lowest BCUT2D eigenvalue weighted by Gasteiger charge is -2.25. The topological polar surface area (TPSA) is 90.0 Å². The first kappa shape index (κ1) is 20.7. The number of carboxylic acid groups (broad SMARTS) is 1.